The maximum atomic E-state index is 12.0. The fourth-order valence-corrected chi connectivity index (χ4v) is 2.31. The molecule has 1 aliphatic heterocycles. The van der Waals surface area contributed by atoms with Crippen molar-refractivity contribution in [1.82, 2.24) is 5.43 Å². The molecule has 1 N–H and O–H groups in total. The largest absolute Gasteiger partial charge is 0.486 e. The second-order valence-corrected chi connectivity index (χ2v) is 5.25. The minimum Gasteiger partial charge on any atom is -0.486 e. The molecule has 0 unspecified atom stereocenters. The van der Waals surface area contributed by atoms with E-state index in [2.05, 4.69) is 10.5 Å². The Hall–Kier alpha value is -2.82. The van der Waals surface area contributed by atoms with Gasteiger partial charge >= 0.3 is 0 Å². The van der Waals surface area contributed by atoms with Gasteiger partial charge in [0.15, 0.2) is 11.5 Å². The first-order chi connectivity index (χ1) is 11.2. The molecule has 1 heterocycles. The van der Waals surface area contributed by atoms with Crippen LogP contribution in [0.3, 0.4) is 0 Å². The second-order valence-electron chi connectivity index (χ2n) is 5.25. The van der Waals surface area contributed by atoms with E-state index in [1.165, 1.54) is 0 Å². The van der Waals surface area contributed by atoms with Crippen LogP contribution in [0.1, 0.15) is 18.1 Å². The Morgan fingerprint density at radius 1 is 1.09 bits per heavy atom. The summed E-state index contributed by atoms with van der Waals surface area (Å²) in [7, 11) is 0. The van der Waals surface area contributed by atoms with E-state index in [0.717, 1.165) is 22.6 Å². The molecule has 2 aromatic rings. The average molecular weight is 310 g/mol. The number of ether oxygens (including phenoxy) is 2. The number of amides is 1. The molecule has 1 aliphatic rings. The Kier molecular flexibility index (Phi) is 4.57. The molecule has 5 heteroatoms. The molecule has 0 aliphatic carbocycles. The van der Waals surface area contributed by atoms with Crippen molar-refractivity contribution in [3.05, 3.63) is 59.7 Å². The highest BCUT2D eigenvalue weighted by Crippen LogP contribution is 2.30. The van der Waals surface area contributed by atoms with Crippen LogP contribution >= 0.6 is 0 Å². The number of nitrogens with one attached hydrogen (secondary N) is 1. The lowest BCUT2D eigenvalue weighted by Gasteiger charge is -2.18. The van der Waals surface area contributed by atoms with Crippen LogP contribution in [0.25, 0.3) is 0 Å². The van der Waals surface area contributed by atoms with Gasteiger partial charge < -0.3 is 9.47 Å². The molecular weight excluding hydrogens is 292 g/mol. The monoisotopic (exact) mass is 310 g/mol. The van der Waals surface area contributed by atoms with Crippen molar-refractivity contribution < 1.29 is 14.3 Å². The highest BCUT2D eigenvalue weighted by atomic mass is 16.6. The van der Waals surface area contributed by atoms with Crippen molar-refractivity contribution in [2.75, 3.05) is 13.2 Å². The molecule has 0 atom stereocenters. The number of rotatable bonds is 4. The zero-order chi connectivity index (χ0) is 16.1. The van der Waals surface area contributed by atoms with Gasteiger partial charge in [0.05, 0.1) is 12.1 Å². The number of carbonyl (C=O) groups excluding carboxylic acids is 1. The minimum absolute atomic E-state index is 0.169. The molecule has 2 aromatic carbocycles. The van der Waals surface area contributed by atoms with Gasteiger partial charge in [-0.2, -0.15) is 5.10 Å². The number of hydrazone groups is 1. The fourth-order valence-electron chi connectivity index (χ4n) is 2.31. The maximum absolute atomic E-state index is 12.0. The molecule has 0 fully saturated rings. The molecule has 118 valence electrons. The molecule has 0 saturated carbocycles. The normalized spacial score (nSPS) is 13.5. The molecular formula is C18H18N2O3. The molecule has 0 aromatic heterocycles. The van der Waals surface area contributed by atoms with Gasteiger partial charge in [-0.3, -0.25) is 4.79 Å². The Balaban J connectivity index is 1.61. The number of hydrogen-bond acceptors (Lipinski definition) is 4. The highest BCUT2D eigenvalue weighted by Gasteiger charge is 2.13. The van der Waals surface area contributed by atoms with Crippen LogP contribution in [-0.2, 0) is 11.2 Å². The van der Waals surface area contributed by atoms with Gasteiger partial charge in [0, 0.05) is 0 Å². The van der Waals surface area contributed by atoms with Crippen LogP contribution in [0.4, 0.5) is 0 Å². The minimum atomic E-state index is -0.169. The first-order valence-electron chi connectivity index (χ1n) is 7.49. The van der Waals surface area contributed by atoms with Crippen LogP contribution in [0, 0.1) is 0 Å². The van der Waals surface area contributed by atoms with Crippen LogP contribution in [-0.4, -0.2) is 24.8 Å². The highest BCUT2D eigenvalue weighted by molar-refractivity contribution is 5.99. The third-order valence-electron chi connectivity index (χ3n) is 3.51. The SMILES string of the molecule is C/C(=N/NC(=O)Cc1ccc2c(c1)OCCO2)c1ccccc1. The molecule has 0 spiro atoms. The fraction of sp³-hybridized carbons (Fsp3) is 0.222. The zero-order valence-corrected chi connectivity index (χ0v) is 12.9. The van der Waals surface area contributed by atoms with Crippen molar-refractivity contribution in [1.29, 1.82) is 0 Å². The smallest absolute Gasteiger partial charge is 0.244 e. The average Bonchev–Trinajstić information content (AvgIpc) is 2.60. The predicted octanol–water partition coefficient (Wildman–Crippen LogP) is 2.54. The quantitative estimate of drug-likeness (QED) is 0.697. The summed E-state index contributed by atoms with van der Waals surface area (Å²) < 4.78 is 11.0. The Morgan fingerprint density at radius 3 is 2.61 bits per heavy atom. The number of hydrogen-bond donors (Lipinski definition) is 1. The van der Waals surface area contributed by atoms with Crippen molar-refractivity contribution in [3.63, 3.8) is 0 Å². The standard InChI is InChI=1S/C18H18N2O3/c1-13(15-5-3-2-4-6-15)19-20-18(21)12-14-7-8-16-17(11-14)23-10-9-22-16/h2-8,11H,9-10,12H2,1H3,(H,20,21)/b19-13-. The summed E-state index contributed by atoms with van der Waals surface area (Å²) in [6.45, 7) is 2.95. The van der Waals surface area contributed by atoms with E-state index in [4.69, 9.17) is 9.47 Å². The van der Waals surface area contributed by atoms with Crippen LogP contribution in [0.2, 0.25) is 0 Å². The van der Waals surface area contributed by atoms with E-state index in [1.54, 1.807) is 0 Å². The summed E-state index contributed by atoms with van der Waals surface area (Å²) >= 11 is 0. The second kappa shape index (κ2) is 6.96. The molecule has 0 saturated heterocycles. The van der Waals surface area contributed by atoms with Gasteiger partial charge in [-0.1, -0.05) is 36.4 Å². The number of carbonyl (C=O) groups is 1. The Bertz CT molecular complexity index is 726. The van der Waals surface area contributed by atoms with E-state index in [9.17, 15) is 4.79 Å². The van der Waals surface area contributed by atoms with E-state index >= 15 is 0 Å². The predicted molar refractivity (Wildman–Crippen MR) is 87.9 cm³/mol. The zero-order valence-electron chi connectivity index (χ0n) is 12.9. The third kappa shape index (κ3) is 3.88. The maximum Gasteiger partial charge on any atom is 0.244 e. The first kappa shape index (κ1) is 15.1. The lowest BCUT2D eigenvalue weighted by atomic mass is 10.1. The summed E-state index contributed by atoms with van der Waals surface area (Å²) in [6, 6.07) is 15.2. The molecule has 0 radical (unpaired) electrons. The molecule has 23 heavy (non-hydrogen) atoms. The van der Waals surface area contributed by atoms with E-state index in [1.807, 2.05) is 55.5 Å². The van der Waals surface area contributed by atoms with Gasteiger partial charge in [-0.05, 0) is 30.2 Å². The van der Waals surface area contributed by atoms with E-state index in [0.29, 0.717) is 19.0 Å². The van der Waals surface area contributed by atoms with Crippen LogP contribution in [0.15, 0.2) is 53.6 Å². The van der Waals surface area contributed by atoms with Crippen LogP contribution in [0.5, 0.6) is 11.5 Å². The van der Waals surface area contributed by atoms with E-state index < -0.39 is 0 Å². The first-order valence-corrected chi connectivity index (χ1v) is 7.49. The Labute approximate surface area is 134 Å². The molecule has 0 bridgehead atoms. The lowest BCUT2D eigenvalue weighted by molar-refractivity contribution is -0.120. The van der Waals surface area contributed by atoms with E-state index in [-0.39, 0.29) is 12.3 Å². The van der Waals surface area contributed by atoms with Gasteiger partial charge in [-0.15, -0.1) is 0 Å². The summed E-state index contributed by atoms with van der Waals surface area (Å²) in [5.41, 5.74) is 5.19. The van der Waals surface area contributed by atoms with Crippen molar-refractivity contribution >= 4 is 11.6 Å². The lowest BCUT2D eigenvalue weighted by Crippen LogP contribution is -2.21. The van der Waals surface area contributed by atoms with Gasteiger partial charge in [0.2, 0.25) is 5.91 Å². The summed E-state index contributed by atoms with van der Waals surface area (Å²) in [4.78, 5) is 12.0. The van der Waals surface area contributed by atoms with Crippen molar-refractivity contribution in [3.8, 4) is 11.5 Å². The Morgan fingerprint density at radius 2 is 1.83 bits per heavy atom. The number of benzene rings is 2. The van der Waals surface area contributed by atoms with Gasteiger partial charge in [-0.25, -0.2) is 5.43 Å². The molecule has 1 amide bonds. The van der Waals surface area contributed by atoms with Gasteiger partial charge in [0.25, 0.3) is 0 Å². The number of fused-ring (bicyclic) bond motifs is 1. The molecule has 3 rings (SSSR count). The molecule has 5 nitrogen and oxygen atoms in total. The summed E-state index contributed by atoms with van der Waals surface area (Å²) in [6.07, 6.45) is 0.238. The third-order valence-corrected chi connectivity index (χ3v) is 3.51. The van der Waals surface area contributed by atoms with Gasteiger partial charge in [0.1, 0.15) is 13.2 Å². The number of nitrogens with zero attached hydrogens (tertiary/aromatic N) is 1. The van der Waals surface area contributed by atoms with Crippen molar-refractivity contribution in [2.45, 2.75) is 13.3 Å². The summed E-state index contributed by atoms with van der Waals surface area (Å²) in [5.74, 6) is 1.24. The van der Waals surface area contributed by atoms with Crippen LogP contribution < -0.4 is 14.9 Å². The topological polar surface area (TPSA) is 59.9 Å². The summed E-state index contributed by atoms with van der Waals surface area (Å²) in [5, 5.41) is 4.14. The van der Waals surface area contributed by atoms with Crippen molar-refractivity contribution in [2.24, 2.45) is 5.10 Å².